The number of nitrogens with one attached hydrogen (secondary N) is 2. The predicted molar refractivity (Wildman–Crippen MR) is 117 cm³/mol. The third-order valence-electron chi connectivity index (χ3n) is 5.42. The third kappa shape index (κ3) is 5.65. The number of quaternary nitrogens is 1. The van der Waals surface area contributed by atoms with E-state index in [9.17, 15) is 24.0 Å². The topological polar surface area (TPSA) is 130 Å². The smallest absolute Gasteiger partial charge is 0.424 e. The average molecular weight is 487 g/mol. The van der Waals surface area contributed by atoms with Crippen molar-refractivity contribution in [2.24, 2.45) is 5.92 Å². The van der Waals surface area contributed by atoms with Crippen LogP contribution >= 0.6 is 23.2 Å². The van der Waals surface area contributed by atoms with E-state index >= 15 is 0 Å². The van der Waals surface area contributed by atoms with Crippen molar-refractivity contribution in [3.8, 4) is 0 Å². The molecule has 32 heavy (non-hydrogen) atoms. The molecule has 1 saturated heterocycles. The molecule has 1 aromatic rings. The summed E-state index contributed by atoms with van der Waals surface area (Å²) in [4.78, 5) is 61.7. The number of aliphatic carboxylic acids is 1. The van der Waals surface area contributed by atoms with Gasteiger partial charge in [0, 0.05) is 12.8 Å². The summed E-state index contributed by atoms with van der Waals surface area (Å²) in [6, 6.07) is 1.51. The summed E-state index contributed by atoms with van der Waals surface area (Å²) in [6.45, 7) is 3.80. The number of amides is 4. The van der Waals surface area contributed by atoms with Gasteiger partial charge < -0.3 is 15.2 Å². The Bertz CT molecular complexity index is 895. The van der Waals surface area contributed by atoms with Crippen molar-refractivity contribution < 1.29 is 33.6 Å². The molecule has 1 aliphatic rings. The number of hydrogen-bond acceptors (Lipinski definition) is 5. The molecule has 0 aromatic heterocycles. The molecule has 0 saturated carbocycles. The van der Waals surface area contributed by atoms with Gasteiger partial charge in [0.15, 0.2) is 0 Å². The van der Waals surface area contributed by atoms with Crippen LogP contribution in [0.25, 0.3) is 0 Å². The highest BCUT2D eigenvalue weighted by molar-refractivity contribution is 6.39. The summed E-state index contributed by atoms with van der Waals surface area (Å²) in [5.41, 5.74) is 0.0224. The zero-order valence-corrected chi connectivity index (χ0v) is 19.3. The molecule has 1 aliphatic heterocycles. The Morgan fingerprint density at radius 1 is 1.09 bits per heavy atom. The molecule has 2 atom stereocenters. The molecule has 11 heteroatoms. The summed E-state index contributed by atoms with van der Waals surface area (Å²) in [5.74, 6) is -2.84. The minimum atomic E-state index is -1.27. The Morgan fingerprint density at radius 2 is 1.66 bits per heavy atom. The van der Waals surface area contributed by atoms with E-state index in [0.717, 1.165) is 0 Å². The number of likely N-dealkylation sites (tertiary alicyclic amines) is 1. The van der Waals surface area contributed by atoms with Crippen LogP contribution in [0, 0.1) is 5.92 Å². The monoisotopic (exact) mass is 486 g/mol. The molecule has 1 aromatic carbocycles. The lowest BCUT2D eigenvalue weighted by molar-refractivity contribution is -0.761. The minimum absolute atomic E-state index is 0.0224. The van der Waals surface area contributed by atoms with Gasteiger partial charge in [-0.1, -0.05) is 43.1 Å². The van der Waals surface area contributed by atoms with Crippen molar-refractivity contribution in [1.82, 2.24) is 10.6 Å². The number of carbonyl (C=O) groups is 5. The Balaban J connectivity index is 2.32. The van der Waals surface area contributed by atoms with Gasteiger partial charge in [-0.15, -0.1) is 0 Å². The van der Waals surface area contributed by atoms with Crippen molar-refractivity contribution >= 4 is 53.3 Å². The number of nitrogens with zero attached hydrogens (tertiary/aromatic N) is 1. The molecule has 0 unspecified atom stereocenters. The molecule has 9 nitrogen and oxygen atoms in total. The van der Waals surface area contributed by atoms with Crippen molar-refractivity contribution in [2.75, 3.05) is 13.1 Å². The second-order valence-electron chi connectivity index (χ2n) is 8.04. The van der Waals surface area contributed by atoms with Crippen LogP contribution in [0.1, 0.15) is 43.5 Å². The lowest BCUT2D eigenvalue weighted by atomic mass is 10.0. The highest BCUT2D eigenvalue weighted by atomic mass is 35.5. The lowest BCUT2D eigenvalue weighted by Crippen LogP contribution is -2.66. The molecule has 3 N–H and O–H groups in total. The first-order chi connectivity index (χ1) is 15.0. The molecule has 0 radical (unpaired) electrons. The van der Waals surface area contributed by atoms with E-state index < -0.39 is 46.8 Å². The van der Waals surface area contributed by atoms with Gasteiger partial charge in [0.05, 0.1) is 35.1 Å². The summed E-state index contributed by atoms with van der Waals surface area (Å²) < 4.78 is -0.636. The molecular weight excluding hydrogens is 461 g/mol. The fraction of sp³-hybridized carbons (Fsp3) is 0.476. The standard InChI is InChI=1S/C21H25Cl2N3O6/c1-12(2)18(25-19(30)17-14(22)6-5-7-15(17)23)20(31)26(8-3-4-9-26)21(32)24-13(11-27)10-16(28)29/h5-7,11-13,18H,3-4,8-10H2,1-2H3,(H2-,24,25,28,29,30,32)/p+1/t13-,18-/m0/s1. The van der Waals surface area contributed by atoms with E-state index in [2.05, 4.69) is 10.6 Å². The van der Waals surface area contributed by atoms with Gasteiger partial charge in [0.1, 0.15) is 18.4 Å². The molecule has 0 aliphatic carbocycles. The fourth-order valence-corrected chi connectivity index (χ4v) is 4.28. The second-order valence-corrected chi connectivity index (χ2v) is 8.86. The first kappa shape index (κ1) is 25.8. The fourth-order valence-electron chi connectivity index (χ4n) is 3.71. The highest BCUT2D eigenvalue weighted by Gasteiger charge is 2.52. The van der Waals surface area contributed by atoms with Crippen LogP contribution < -0.4 is 10.6 Å². The molecule has 0 spiro atoms. The molecule has 1 heterocycles. The molecule has 1 fully saturated rings. The van der Waals surface area contributed by atoms with Gasteiger partial charge >= 0.3 is 17.9 Å². The maximum Gasteiger partial charge on any atom is 0.424 e. The Morgan fingerprint density at radius 3 is 2.12 bits per heavy atom. The molecule has 174 valence electrons. The molecule has 2 rings (SSSR count). The number of hydrogen-bond donors (Lipinski definition) is 3. The first-order valence-corrected chi connectivity index (χ1v) is 10.9. The number of halogens is 2. The number of urea groups is 1. The normalized spacial score (nSPS) is 16.8. The average Bonchev–Trinajstić information content (AvgIpc) is 3.21. The highest BCUT2D eigenvalue weighted by Crippen LogP contribution is 2.27. The quantitative estimate of drug-likeness (QED) is 0.382. The van der Waals surface area contributed by atoms with Crippen molar-refractivity contribution in [2.45, 2.75) is 45.2 Å². The van der Waals surface area contributed by atoms with E-state index in [1.54, 1.807) is 19.9 Å². The van der Waals surface area contributed by atoms with Gasteiger partial charge in [-0.05, 0) is 18.1 Å². The number of rotatable bonds is 8. The minimum Gasteiger partial charge on any atom is -0.481 e. The van der Waals surface area contributed by atoms with Crippen molar-refractivity contribution in [3.05, 3.63) is 33.8 Å². The molecule has 0 bridgehead atoms. The second kappa shape index (κ2) is 10.9. The maximum atomic E-state index is 13.6. The maximum absolute atomic E-state index is 13.6. The van der Waals surface area contributed by atoms with Crippen LogP contribution in [0.15, 0.2) is 18.2 Å². The number of carboxylic acids is 1. The van der Waals surface area contributed by atoms with Gasteiger partial charge in [-0.3, -0.25) is 14.9 Å². The Hall–Kier alpha value is -2.49. The number of carbonyl (C=O) groups excluding carboxylic acids is 4. The van der Waals surface area contributed by atoms with Crippen LogP contribution in [0.3, 0.4) is 0 Å². The summed E-state index contributed by atoms with van der Waals surface area (Å²) in [6.07, 6.45) is 0.890. The zero-order chi connectivity index (χ0) is 24.1. The van der Waals surface area contributed by atoms with E-state index in [4.69, 9.17) is 28.3 Å². The summed E-state index contributed by atoms with van der Waals surface area (Å²) in [5, 5.41) is 14.2. The SMILES string of the molecule is CC(C)[C@H](NC(=O)c1c(Cl)cccc1Cl)C(=O)[N+]1(C(=O)N[C@H](C=O)CC(=O)O)CCCC1. The number of benzene rings is 1. The largest absolute Gasteiger partial charge is 0.481 e. The predicted octanol–water partition coefficient (Wildman–Crippen LogP) is 2.64. The lowest BCUT2D eigenvalue weighted by Gasteiger charge is -2.33. The van der Waals surface area contributed by atoms with Crippen molar-refractivity contribution in [3.63, 3.8) is 0 Å². The van der Waals surface area contributed by atoms with E-state index in [-0.39, 0.29) is 34.6 Å². The van der Waals surface area contributed by atoms with Gasteiger partial charge in [-0.25, -0.2) is 9.59 Å². The van der Waals surface area contributed by atoms with Crippen LogP contribution in [0.5, 0.6) is 0 Å². The summed E-state index contributed by atoms with van der Waals surface area (Å²) in [7, 11) is 0. The van der Waals surface area contributed by atoms with Crippen LogP contribution in [0.2, 0.25) is 10.0 Å². The first-order valence-electron chi connectivity index (χ1n) is 10.2. The van der Waals surface area contributed by atoms with E-state index in [1.807, 2.05) is 0 Å². The van der Waals surface area contributed by atoms with E-state index in [1.165, 1.54) is 12.1 Å². The van der Waals surface area contributed by atoms with Crippen LogP contribution in [-0.2, 0) is 14.4 Å². The number of aldehydes is 1. The molecule has 4 amide bonds. The third-order valence-corrected chi connectivity index (χ3v) is 6.05. The zero-order valence-electron chi connectivity index (χ0n) is 17.8. The van der Waals surface area contributed by atoms with Gasteiger partial charge in [0.25, 0.3) is 5.91 Å². The van der Waals surface area contributed by atoms with E-state index in [0.29, 0.717) is 19.1 Å². The van der Waals surface area contributed by atoms with Gasteiger partial charge in [-0.2, -0.15) is 4.48 Å². The Labute approximate surface area is 195 Å². The van der Waals surface area contributed by atoms with Crippen molar-refractivity contribution in [1.29, 1.82) is 0 Å². The molecular formula is C21H26Cl2N3O6+. The number of imide groups is 1. The summed E-state index contributed by atoms with van der Waals surface area (Å²) >= 11 is 12.2. The number of carboxylic acid groups (broad SMARTS) is 1. The van der Waals surface area contributed by atoms with Crippen LogP contribution in [-0.4, -0.2) is 64.9 Å². The van der Waals surface area contributed by atoms with Gasteiger partial charge in [0.2, 0.25) is 0 Å². The Kier molecular flexibility index (Phi) is 8.77. The van der Waals surface area contributed by atoms with Crippen LogP contribution in [0.4, 0.5) is 4.79 Å².